The lowest BCUT2D eigenvalue weighted by Gasteiger charge is -2.41. The molecule has 9 N–H and O–H groups in total. The van der Waals surface area contributed by atoms with Gasteiger partial charge in [-0.15, -0.1) is 0 Å². The molecule has 3 aliphatic rings. The van der Waals surface area contributed by atoms with Crippen molar-refractivity contribution in [3.8, 4) is 62.9 Å². The molecule has 4 aromatic carbocycles. The summed E-state index contributed by atoms with van der Waals surface area (Å²) in [5.74, 6) is -11.4. The van der Waals surface area contributed by atoms with Gasteiger partial charge >= 0.3 is 11.9 Å². The largest absolute Gasteiger partial charge is 0.507 e. The van der Waals surface area contributed by atoms with E-state index in [1.165, 1.54) is 6.07 Å². The van der Waals surface area contributed by atoms with Crippen LogP contribution in [0.15, 0.2) is 54.6 Å². The van der Waals surface area contributed by atoms with Crippen molar-refractivity contribution in [2.75, 3.05) is 0 Å². The van der Waals surface area contributed by atoms with Gasteiger partial charge in [-0.05, 0) is 17.7 Å². The van der Waals surface area contributed by atoms with Gasteiger partial charge in [-0.3, -0.25) is 9.53 Å². The van der Waals surface area contributed by atoms with Gasteiger partial charge in [-0.25, -0.2) is 9.59 Å². The van der Waals surface area contributed by atoms with Crippen LogP contribution in [0.3, 0.4) is 0 Å². The van der Waals surface area contributed by atoms with Crippen LogP contribution >= 0.6 is 0 Å². The molecule has 6 atom stereocenters. The second-order valence-corrected chi connectivity index (χ2v) is 11.7. The molecule has 0 spiro atoms. The second-order valence-electron chi connectivity index (χ2n) is 11.7. The number of benzene rings is 4. The molecule has 0 aliphatic carbocycles. The molecule has 17 nitrogen and oxygen atoms in total. The molecule has 3 heterocycles. The van der Waals surface area contributed by atoms with Crippen molar-refractivity contribution in [2.24, 2.45) is 0 Å². The SMILES string of the molecule is O=C1O[C@H]2O[C@@H](Oc3cc(O)c4c(c3)OC(c3ccccc3)CC4=O)[C@H](O)[C@@H](O)[C@H]2OC(=O)c2cc(O)c(O)c(O)c2-c2c1cc(O)c(O)c2O. The van der Waals surface area contributed by atoms with Crippen LogP contribution in [0.2, 0.25) is 0 Å². The average molecular weight is 707 g/mol. The number of ether oxygens (including phenoxy) is 5. The number of Topliss-reactive ketones (excluding diaryl/α,β-unsaturated/α-hetero) is 1. The van der Waals surface area contributed by atoms with Crippen molar-refractivity contribution in [1.29, 1.82) is 0 Å². The highest BCUT2D eigenvalue weighted by atomic mass is 16.8. The molecule has 0 amide bonds. The molecular formula is C34H26O17. The molecule has 51 heavy (non-hydrogen) atoms. The summed E-state index contributed by atoms with van der Waals surface area (Å²) in [6.45, 7) is 0. The van der Waals surface area contributed by atoms with Crippen LogP contribution in [0.1, 0.15) is 49.2 Å². The van der Waals surface area contributed by atoms with E-state index < -0.39 is 117 Å². The monoisotopic (exact) mass is 706 g/mol. The van der Waals surface area contributed by atoms with E-state index in [4.69, 9.17) is 23.7 Å². The number of aliphatic hydroxyl groups is 2. The van der Waals surface area contributed by atoms with E-state index in [0.29, 0.717) is 17.7 Å². The molecule has 1 saturated heterocycles. The number of aromatic hydroxyl groups is 7. The van der Waals surface area contributed by atoms with Gasteiger partial charge in [0.25, 0.3) is 0 Å². The predicted molar refractivity (Wildman–Crippen MR) is 165 cm³/mol. The van der Waals surface area contributed by atoms with Crippen LogP contribution in [0.5, 0.6) is 51.7 Å². The molecule has 7 rings (SSSR count). The Balaban J connectivity index is 1.25. The molecule has 264 valence electrons. The Morgan fingerprint density at radius 2 is 1.22 bits per heavy atom. The first-order valence-corrected chi connectivity index (χ1v) is 15.0. The van der Waals surface area contributed by atoms with E-state index in [2.05, 4.69) is 0 Å². The molecule has 0 saturated carbocycles. The summed E-state index contributed by atoms with van der Waals surface area (Å²) in [7, 11) is 0. The fourth-order valence-electron chi connectivity index (χ4n) is 6.07. The van der Waals surface area contributed by atoms with Gasteiger partial charge in [0, 0.05) is 23.3 Å². The first-order chi connectivity index (χ1) is 24.2. The Morgan fingerprint density at radius 3 is 1.82 bits per heavy atom. The van der Waals surface area contributed by atoms with E-state index in [9.17, 15) is 60.3 Å². The lowest BCUT2D eigenvalue weighted by atomic mass is 9.91. The second kappa shape index (κ2) is 12.2. The maximum Gasteiger partial charge on any atom is 0.341 e. The third-order valence-electron chi connectivity index (χ3n) is 8.56. The number of fused-ring (bicyclic) bond motifs is 5. The zero-order valence-electron chi connectivity index (χ0n) is 25.7. The topological polar surface area (TPSA) is 279 Å². The molecular weight excluding hydrogens is 680 g/mol. The minimum absolute atomic E-state index is 0.0717. The zero-order chi connectivity index (χ0) is 36.5. The predicted octanol–water partition coefficient (Wildman–Crippen LogP) is 2.18. The maximum absolute atomic E-state index is 13.6. The van der Waals surface area contributed by atoms with E-state index in [1.807, 2.05) is 0 Å². The fraction of sp³-hybridized carbons (Fsp3) is 0.206. The molecule has 0 aromatic heterocycles. The van der Waals surface area contributed by atoms with Crippen LogP contribution in [0, 0.1) is 0 Å². The van der Waals surface area contributed by atoms with Crippen molar-refractivity contribution in [3.05, 3.63) is 76.9 Å². The lowest BCUT2D eigenvalue weighted by Crippen LogP contribution is -2.61. The van der Waals surface area contributed by atoms with E-state index >= 15 is 0 Å². The van der Waals surface area contributed by atoms with Crippen LogP contribution in [0.25, 0.3) is 11.1 Å². The highest BCUT2D eigenvalue weighted by molar-refractivity contribution is 6.08. The van der Waals surface area contributed by atoms with Crippen molar-refractivity contribution >= 4 is 17.7 Å². The smallest absolute Gasteiger partial charge is 0.341 e. The normalized spacial score (nSPS) is 24.1. The minimum Gasteiger partial charge on any atom is -0.507 e. The van der Waals surface area contributed by atoms with E-state index in [-0.39, 0.29) is 23.5 Å². The van der Waals surface area contributed by atoms with Gasteiger partial charge in [0.05, 0.1) is 17.5 Å². The Kier molecular flexibility index (Phi) is 7.89. The number of phenols is 7. The minimum atomic E-state index is -2.15. The first kappa shape index (κ1) is 33.1. The van der Waals surface area contributed by atoms with Crippen molar-refractivity contribution in [1.82, 2.24) is 0 Å². The highest BCUT2D eigenvalue weighted by Gasteiger charge is 2.51. The van der Waals surface area contributed by atoms with E-state index in [1.54, 1.807) is 30.3 Å². The lowest BCUT2D eigenvalue weighted by molar-refractivity contribution is -0.318. The fourth-order valence-corrected chi connectivity index (χ4v) is 6.07. The summed E-state index contributed by atoms with van der Waals surface area (Å²) >= 11 is 0. The quantitative estimate of drug-likeness (QED) is 0.109. The Morgan fingerprint density at radius 1 is 0.627 bits per heavy atom. The van der Waals surface area contributed by atoms with E-state index in [0.717, 1.165) is 6.07 Å². The molecule has 17 heteroatoms. The summed E-state index contributed by atoms with van der Waals surface area (Å²) < 4.78 is 27.9. The Labute approximate surface area is 284 Å². The van der Waals surface area contributed by atoms with Crippen molar-refractivity contribution in [2.45, 2.75) is 43.4 Å². The first-order valence-electron chi connectivity index (χ1n) is 15.0. The number of carbonyl (C=O) groups is 3. The third-order valence-corrected chi connectivity index (χ3v) is 8.56. The van der Waals surface area contributed by atoms with Crippen LogP contribution in [-0.2, 0) is 14.2 Å². The average Bonchev–Trinajstić information content (AvgIpc) is 3.09. The summed E-state index contributed by atoms with van der Waals surface area (Å²) in [4.78, 5) is 40.0. The number of esters is 2. The number of ketones is 1. The molecule has 1 fully saturated rings. The number of hydrogen-bond donors (Lipinski definition) is 9. The van der Waals surface area contributed by atoms with Crippen LogP contribution < -0.4 is 9.47 Å². The molecule has 3 aliphatic heterocycles. The van der Waals surface area contributed by atoms with Gasteiger partial charge in [-0.1, -0.05) is 30.3 Å². The molecule has 0 radical (unpaired) electrons. The molecule has 0 bridgehead atoms. The number of phenolic OH excluding ortho intramolecular Hbond substituents is 7. The molecule has 1 unspecified atom stereocenters. The summed E-state index contributed by atoms with van der Waals surface area (Å²) in [6, 6.07) is 12.2. The van der Waals surface area contributed by atoms with Gasteiger partial charge in [0.15, 0.2) is 34.9 Å². The van der Waals surface area contributed by atoms with Gasteiger partial charge in [0.2, 0.25) is 24.1 Å². The summed E-state index contributed by atoms with van der Waals surface area (Å²) in [5.41, 5.74) is -2.82. The Bertz CT molecular complexity index is 2110. The molecule has 4 aromatic rings. The van der Waals surface area contributed by atoms with Gasteiger partial charge in [-0.2, -0.15) is 0 Å². The Hall–Kier alpha value is -6.43. The standard InChI is InChI=1S/C34H26O17/c35-15-6-12(7-20-23(15)16(36)10-19(48-20)11-4-2-1-3-5-11)47-33-29(44)28(43)30-34(51-33)50-32(46)14-9-18(38)25(40)27(42)22(14)21-13(31(45)49-30)8-17(37)24(39)26(21)41/h1-9,19,28-30,33-35,37-44H,10H2/t19?,28-,29-,30-,33-,34+/m1/s1. The summed E-state index contributed by atoms with van der Waals surface area (Å²) in [6.07, 6.45) is -11.1. The highest BCUT2D eigenvalue weighted by Crippen LogP contribution is 2.53. The van der Waals surface area contributed by atoms with Gasteiger partial charge < -0.3 is 64.9 Å². The zero-order valence-corrected chi connectivity index (χ0v) is 25.7. The summed E-state index contributed by atoms with van der Waals surface area (Å²) in [5, 5.41) is 95.2. The number of rotatable bonds is 3. The van der Waals surface area contributed by atoms with Gasteiger partial charge in [0.1, 0.15) is 41.1 Å². The maximum atomic E-state index is 13.6. The number of hydrogen-bond acceptors (Lipinski definition) is 17. The number of aliphatic hydroxyl groups excluding tert-OH is 2. The number of carbonyl (C=O) groups excluding carboxylic acids is 3. The van der Waals surface area contributed by atoms with Crippen LogP contribution in [0.4, 0.5) is 0 Å². The third kappa shape index (κ3) is 5.45. The van der Waals surface area contributed by atoms with Crippen molar-refractivity contribution in [3.63, 3.8) is 0 Å². The van der Waals surface area contributed by atoms with Crippen molar-refractivity contribution < 1.29 is 84.0 Å². The van der Waals surface area contributed by atoms with Crippen LogP contribution in [-0.4, -0.2) is 94.6 Å².